The fourth-order valence-corrected chi connectivity index (χ4v) is 3.55. The molecule has 0 bridgehead atoms. The average molecular weight is 405 g/mol. The first-order valence-corrected chi connectivity index (χ1v) is 9.39. The fourth-order valence-electron chi connectivity index (χ4n) is 3.55. The van der Waals surface area contributed by atoms with Crippen LogP contribution in [0.1, 0.15) is 48.2 Å². The summed E-state index contributed by atoms with van der Waals surface area (Å²) in [4.78, 5) is 29.6. The Morgan fingerprint density at radius 2 is 1.97 bits per heavy atom. The molecule has 3 rings (SSSR count). The maximum Gasteiger partial charge on any atom is 0.416 e. The minimum Gasteiger partial charge on any atom is -0.352 e. The third-order valence-corrected chi connectivity index (χ3v) is 4.95. The van der Waals surface area contributed by atoms with Gasteiger partial charge in [-0.2, -0.15) is 13.2 Å². The Bertz CT molecular complexity index is 884. The molecular weight excluding hydrogens is 383 g/mol. The van der Waals surface area contributed by atoms with Gasteiger partial charge < -0.3 is 10.2 Å². The summed E-state index contributed by atoms with van der Waals surface area (Å²) in [5, 5.41) is 2.37. The second kappa shape index (κ2) is 8.63. The Labute approximate surface area is 166 Å². The number of hydrogen-bond donors (Lipinski definition) is 1. The first-order chi connectivity index (χ1) is 13.8. The Kier molecular flexibility index (Phi) is 6.20. The van der Waals surface area contributed by atoms with Gasteiger partial charge >= 0.3 is 6.18 Å². The van der Waals surface area contributed by atoms with Crippen molar-refractivity contribution in [3.05, 3.63) is 65.0 Å². The number of carbonyl (C=O) groups excluding carboxylic acids is 2. The van der Waals surface area contributed by atoms with Crippen LogP contribution < -0.4 is 5.32 Å². The molecule has 1 unspecified atom stereocenters. The second-order valence-electron chi connectivity index (χ2n) is 7.08. The van der Waals surface area contributed by atoms with E-state index in [-0.39, 0.29) is 30.1 Å². The Morgan fingerprint density at radius 1 is 1.24 bits per heavy atom. The minimum absolute atomic E-state index is 0.100. The highest BCUT2D eigenvalue weighted by molar-refractivity contribution is 5.79. The summed E-state index contributed by atoms with van der Waals surface area (Å²) in [6.07, 6.45) is -1.96. The molecule has 154 valence electrons. The van der Waals surface area contributed by atoms with E-state index in [4.69, 9.17) is 0 Å². The van der Waals surface area contributed by atoms with E-state index in [0.29, 0.717) is 19.4 Å². The SMILES string of the molecule is CC(=O)NCc1cnc(C2CCCN2C(=O)Cc2ccccc2)cc1C(F)(F)F. The number of benzene rings is 1. The maximum atomic E-state index is 13.6. The Hall–Kier alpha value is -2.90. The molecule has 0 saturated carbocycles. The van der Waals surface area contributed by atoms with Crippen molar-refractivity contribution in [3.8, 4) is 0 Å². The van der Waals surface area contributed by atoms with E-state index in [2.05, 4.69) is 10.3 Å². The normalized spacial score (nSPS) is 16.7. The molecule has 5 nitrogen and oxygen atoms in total. The first-order valence-electron chi connectivity index (χ1n) is 9.39. The number of hydrogen-bond acceptors (Lipinski definition) is 3. The molecule has 1 saturated heterocycles. The molecule has 0 spiro atoms. The van der Waals surface area contributed by atoms with Crippen molar-refractivity contribution >= 4 is 11.8 Å². The summed E-state index contributed by atoms with van der Waals surface area (Å²) >= 11 is 0. The van der Waals surface area contributed by atoms with Crippen molar-refractivity contribution in [3.63, 3.8) is 0 Å². The van der Waals surface area contributed by atoms with Crippen molar-refractivity contribution in [2.24, 2.45) is 0 Å². The third kappa shape index (κ3) is 5.13. The minimum atomic E-state index is -4.58. The van der Waals surface area contributed by atoms with E-state index in [9.17, 15) is 22.8 Å². The van der Waals surface area contributed by atoms with Gasteiger partial charge in [0.2, 0.25) is 11.8 Å². The monoisotopic (exact) mass is 405 g/mol. The number of nitrogens with one attached hydrogen (secondary N) is 1. The van der Waals surface area contributed by atoms with Crippen LogP contribution in [0.5, 0.6) is 0 Å². The molecule has 2 amide bonds. The molecule has 1 aromatic heterocycles. The van der Waals surface area contributed by atoms with Crippen LogP contribution in [-0.2, 0) is 28.7 Å². The van der Waals surface area contributed by atoms with E-state index < -0.39 is 23.7 Å². The van der Waals surface area contributed by atoms with Crippen molar-refractivity contribution in [2.45, 2.75) is 44.9 Å². The standard InChI is InChI=1S/C21H22F3N3O2/c1-14(28)25-12-16-13-26-18(11-17(16)21(22,23)24)19-8-5-9-27(19)20(29)10-15-6-3-2-4-7-15/h2-4,6-7,11,13,19H,5,8-10,12H2,1H3,(H,25,28). The molecule has 1 atom stereocenters. The Morgan fingerprint density at radius 3 is 2.62 bits per heavy atom. The van der Waals surface area contributed by atoms with Gasteiger partial charge in [0, 0.05) is 31.8 Å². The molecule has 29 heavy (non-hydrogen) atoms. The van der Waals surface area contributed by atoms with E-state index >= 15 is 0 Å². The van der Waals surface area contributed by atoms with E-state index in [1.165, 1.54) is 6.92 Å². The molecule has 0 radical (unpaired) electrons. The molecule has 2 aromatic rings. The summed E-state index contributed by atoms with van der Waals surface area (Å²) in [6, 6.07) is 9.76. The van der Waals surface area contributed by atoms with Crippen molar-refractivity contribution in [1.82, 2.24) is 15.2 Å². The molecule has 2 heterocycles. The predicted octanol–water partition coefficient (Wildman–Crippen LogP) is 3.64. The van der Waals surface area contributed by atoms with Gasteiger partial charge in [-0.25, -0.2) is 0 Å². The van der Waals surface area contributed by atoms with Gasteiger partial charge in [-0.15, -0.1) is 0 Å². The number of likely N-dealkylation sites (tertiary alicyclic amines) is 1. The maximum absolute atomic E-state index is 13.6. The van der Waals surface area contributed by atoms with Crippen molar-refractivity contribution in [2.75, 3.05) is 6.54 Å². The van der Waals surface area contributed by atoms with Gasteiger partial charge in [0.1, 0.15) is 0 Å². The third-order valence-electron chi connectivity index (χ3n) is 4.95. The van der Waals surface area contributed by atoms with Crippen LogP contribution in [0, 0.1) is 0 Å². The quantitative estimate of drug-likeness (QED) is 0.826. The van der Waals surface area contributed by atoms with Gasteiger partial charge in [-0.05, 0) is 24.5 Å². The number of pyridine rings is 1. The van der Waals surface area contributed by atoms with Gasteiger partial charge in [-0.3, -0.25) is 14.6 Å². The first kappa shape index (κ1) is 20.8. The van der Waals surface area contributed by atoms with Crippen LogP contribution >= 0.6 is 0 Å². The van der Waals surface area contributed by atoms with Gasteiger partial charge in [0.25, 0.3) is 0 Å². The van der Waals surface area contributed by atoms with E-state index in [0.717, 1.165) is 17.8 Å². The van der Waals surface area contributed by atoms with Crippen LogP contribution in [0.2, 0.25) is 0 Å². The van der Waals surface area contributed by atoms with Gasteiger partial charge in [0.15, 0.2) is 0 Å². The fraction of sp³-hybridized carbons (Fsp3) is 0.381. The van der Waals surface area contributed by atoms with Crippen molar-refractivity contribution in [1.29, 1.82) is 0 Å². The summed E-state index contributed by atoms with van der Waals surface area (Å²) < 4.78 is 40.7. The lowest BCUT2D eigenvalue weighted by atomic mass is 10.0. The summed E-state index contributed by atoms with van der Waals surface area (Å²) in [5.74, 6) is -0.549. The topological polar surface area (TPSA) is 62.3 Å². The lowest BCUT2D eigenvalue weighted by molar-refractivity contribution is -0.138. The van der Waals surface area contributed by atoms with Crippen LogP contribution in [0.3, 0.4) is 0 Å². The molecule has 1 aliphatic rings. The molecular formula is C21H22F3N3O2. The summed E-state index contributed by atoms with van der Waals surface area (Å²) in [6.45, 7) is 1.48. The smallest absolute Gasteiger partial charge is 0.352 e. The molecule has 1 aliphatic heterocycles. The van der Waals surface area contributed by atoms with Gasteiger partial charge in [0.05, 0.1) is 23.7 Å². The summed E-state index contributed by atoms with van der Waals surface area (Å²) in [5.41, 5.74) is 0.149. The van der Waals surface area contributed by atoms with Crippen LogP contribution in [0.25, 0.3) is 0 Å². The van der Waals surface area contributed by atoms with E-state index in [1.54, 1.807) is 4.90 Å². The number of aromatic nitrogens is 1. The number of nitrogens with zero attached hydrogens (tertiary/aromatic N) is 2. The summed E-state index contributed by atoms with van der Waals surface area (Å²) in [7, 11) is 0. The molecule has 0 aliphatic carbocycles. The zero-order chi connectivity index (χ0) is 21.0. The zero-order valence-corrected chi connectivity index (χ0v) is 16.0. The highest BCUT2D eigenvalue weighted by atomic mass is 19.4. The average Bonchev–Trinajstić information content (AvgIpc) is 3.16. The number of rotatable bonds is 5. The van der Waals surface area contributed by atoms with E-state index in [1.807, 2.05) is 30.3 Å². The lowest BCUT2D eigenvalue weighted by Gasteiger charge is -2.25. The highest BCUT2D eigenvalue weighted by Gasteiger charge is 2.37. The van der Waals surface area contributed by atoms with Crippen LogP contribution in [-0.4, -0.2) is 28.2 Å². The van der Waals surface area contributed by atoms with Crippen molar-refractivity contribution < 1.29 is 22.8 Å². The predicted molar refractivity (Wildman–Crippen MR) is 101 cm³/mol. The second-order valence-corrected chi connectivity index (χ2v) is 7.08. The highest BCUT2D eigenvalue weighted by Crippen LogP contribution is 2.37. The Balaban J connectivity index is 1.84. The largest absolute Gasteiger partial charge is 0.416 e. The van der Waals surface area contributed by atoms with Gasteiger partial charge in [-0.1, -0.05) is 30.3 Å². The van der Waals surface area contributed by atoms with Crippen LogP contribution in [0.15, 0.2) is 42.6 Å². The number of alkyl halides is 3. The molecule has 1 N–H and O–H groups in total. The molecule has 8 heteroatoms. The van der Waals surface area contributed by atoms with Crippen LogP contribution in [0.4, 0.5) is 13.2 Å². The number of amides is 2. The molecule has 1 fully saturated rings. The number of halogens is 3. The molecule has 1 aromatic carbocycles. The zero-order valence-electron chi connectivity index (χ0n) is 16.0. The number of carbonyl (C=O) groups is 2. The lowest BCUT2D eigenvalue weighted by Crippen LogP contribution is -2.32.